The van der Waals surface area contributed by atoms with Crippen molar-refractivity contribution >= 4 is 32.7 Å². The molecule has 0 bridgehead atoms. The summed E-state index contributed by atoms with van der Waals surface area (Å²) < 4.78 is 29.0. The Bertz CT molecular complexity index is 1010. The number of hydrogen-bond acceptors (Lipinski definition) is 4. The van der Waals surface area contributed by atoms with Crippen molar-refractivity contribution in [3.05, 3.63) is 54.4 Å². The second kappa shape index (κ2) is 5.40. The number of rotatable bonds is 4. The number of hydrogen-bond donors (Lipinski definition) is 2. The van der Waals surface area contributed by atoms with Crippen LogP contribution in [0.3, 0.4) is 0 Å². The molecular weight excluding hydrogens is 318 g/mol. The van der Waals surface area contributed by atoms with E-state index in [2.05, 4.69) is 9.71 Å². The topological polar surface area (TPSA) is 101 Å². The highest BCUT2D eigenvalue weighted by Gasteiger charge is 2.16. The lowest BCUT2D eigenvalue weighted by Crippen LogP contribution is -2.13. The summed E-state index contributed by atoms with van der Waals surface area (Å²) in [6.07, 6.45) is 1.60. The molecule has 0 atom stereocenters. The first-order valence-electron chi connectivity index (χ1n) is 6.64. The monoisotopic (exact) mass is 331 g/mol. The summed E-state index contributed by atoms with van der Waals surface area (Å²) in [6.45, 7) is 0. The SMILES string of the molecule is Cn1cnc2cc(S(=O)(=O)Nc3cccc(C(=O)O)c3)ccc21. The van der Waals surface area contributed by atoms with Gasteiger partial charge >= 0.3 is 5.97 Å². The third-order valence-electron chi connectivity index (χ3n) is 3.37. The highest BCUT2D eigenvalue weighted by atomic mass is 32.2. The fourth-order valence-electron chi connectivity index (χ4n) is 2.21. The molecule has 23 heavy (non-hydrogen) atoms. The maximum atomic E-state index is 12.4. The number of carboxylic acids is 1. The smallest absolute Gasteiger partial charge is 0.335 e. The summed E-state index contributed by atoms with van der Waals surface area (Å²) in [6, 6.07) is 10.2. The van der Waals surface area contributed by atoms with E-state index >= 15 is 0 Å². The van der Waals surface area contributed by atoms with Gasteiger partial charge in [0.25, 0.3) is 10.0 Å². The van der Waals surface area contributed by atoms with E-state index < -0.39 is 16.0 Å². The van der Waals surface area contributed by atoms with Crippen molar-refractivity contribution < 1.29 is 18.3 Å². The summed E-state index contributed by atoms with van der Waals surface area (Å²) in [4.78, 5) is 15.1. The van der Waals surface area contributed by atoms with E-state index in [0.717, 1.165) is 5.52 Å². The Morgan fingerprint density at radius 3 is 2.74 bits per heavy atom. The minimum atomic E-state index is -3.83. The van der Waals surface area contributed by atoms with Crippen LogP contribution in [0.25, 0.3) is 11.0 Å². The largest absolute Gasteiger partial charge is 0.478 e. The molecule has 0 saturated heterocycles. The van der Waals surface area contributed by atoms with Gasteiger partial charge in [0.15, 0.2) is 0 Å². The molecule has 0 aliphatic heterocycles. The average Bonchev–Trinajstić information content (AvgIpc) is 2.88. The predicted molar refractivity (Wildman–Crippen MR) is 84.9 cm³/mol. The van der Waals surface area contributed by atoms with Crippen molar-refractivity contribution in [3.63, 3.8) is 0 Å². The van der Waals surface area contributed by atoms with E-state index in [4.69, 9.17) is 5.11 Å². The third-order valence-corrected chi connectivity index (χ3v) is 4.75. The molecule has 0 aliphatic carbocycles. The van der Waals surface area contributed by atoms with E-state index in [0.29, 0.717) is 5.52 Å². The highest BCUT2D eigenvalue weighted by molar-refractivity contribution is 7.92. The molecule has 0 radical (unpaired) electrons. The number of carbonyl (C=O) groups is 1. The van der Waals surface area contributed by atoms with Crippen molar-refractivity contribution in [1.29, 1.82) is 0 Å². The van der Waals surface area contributed by atoms with Crippen molar-refractivity contribution in [3.8, 4) is 0 Å². The number of aromatic carboxylic acids is 1. The Morgan fingerprint density at radius 2 is 2.00 bits per heavy atom. The second-order valence-corrected chi connectivity index (χ2v) is 6.68. The van der Waals surface area contributed by atoms with Gasteiger partial charge in [-0.1, -0.05) is 6.07 Å². The summed E-state index contributed by atoms with van der Waals surface area (Å²) in [5.74, 6) is -1.12. The van der Waals surface area contributed by atoms with Gasteiger partial charge in [-0.25, -0.2) is 18.2 Å². The maximum Gasteiger partial charge on any atom is 0.335 e. The molecule has 2 N–H and O–H groups in total. The molecule has 0 unspecified atom stereocenters. The maximum absolute atomic E-state index is 12.4. The van der Waals surface area contributed by atoms with Crippen LogP contribution in [0, 0.1) is 0 Å². The summed E-state index contributed by atoms with van der Waals surface area (Å²) in [5, 5.41) is 8.96. The van der Waals surface area contributed by atoms with Gasteiger partial charge in [-0.15, -0.1) is 0 Å². The molecule has 1 aromatic heterocycles. The van der Waals surface area contributed by atoms with E-state index in [9.17, 15) is 13.2 Å². The number of aromatic nitrogens is 2. The van der Waals surface area contributed by atoms with Crippen LogP contribution in [0.15, 0.2) is 53.7 Å². The first-order valence-corrected chi connectivity index (χ1v) is 8.12. The molecule has 2 aromatic carbocycles. The minimum absolute atomic E-state index is 0.00498. The second-order valence-electron chi connectivity index (χ2n) is 5.00. The Kier molecular flexibility index (Phi) is 3.53. The summed E-state index contributed by atoms with van der Waals surface area (Å²) >= 11 is 0. The van der Waals surface area contributed by atoms with Crippen molar-refractivity contribution in [2.75, 3.05) is 4.72 Å². The van der Waals surface area contributed by atoms with Crippen molar-refractivity contribution in [1.82, 2.24) is 9.55 Å². The van der Waals surface area contributed by atoms with Crippen molar-refractivity contribution in [2.24, 2.45) is 7.05 Å². The Balaban J connectivity index is 1.97. The number of carboxylic acid groups (broad SMARTS) is 1. The quantitative estimate of drug-likeness (QED) is 0.762. The zero-order valence-corrected chi connectivity index (χ0v) is 12.9. The number of anilines is 1. The highest BCUT2D eigenvalue weighted by Crippen LogP contribution is 2.21. The molecule has 0 fully saturated rings. The van der Waals surface area contributed by atoms with Gasteiger partial charge in [0.2, 0.25) is 0 Å². The van der Waals surface area contributed by atoms with Crippen LogP contribution in [0.2, 0.25) is 0 Å². The van der Waals surface area contributed by atoms with Crippen LogP contribution in [0.4, 0.5) is 5.69 Å². The zero-order chi connectivity index (χ0) is 16.6. The van der Waals surface area contributed by atoms with E-state index in [1.54, 1.807) is 17.0 Å². The number of benzene rings is 2. The standard InChI is InChI=1S/C15H13N3O4S/c1-18-9-16-13-8-12(5-6-14(13)18)23(21,22)17-11-4-2-3-10(7-11)15(19)20/h2-9,17H,1H3,(H,19,20). The molecule has 8 heteroatoms. The lowest BCUT2D eigenvalue weighted by molar-refractivity contribution is 0.0697. The number of imidazole rings is 1. The minimum Gasteiger partial charge on any atom is -0.478 e. The number of nitrogens with one attached hydrogen (secondary N) is 1. The fourth-order valence-corrected chi connectivity index (χ4v) is 3.28. The van der Waals surface area contributed by atoms with Crippen LogP contribution in [0.1, 0.15) is 10.4 Å². The average molecular weight is 331 g/mol. The van der Waals surface area contributed by atoms with E-state index in [1.807, 2.05) is 7.05 Å². The lowest BCUT2D eigenvalue weighted by atomic mass is 10.2. The number of sulfonamides is 1. The molecule has 0 aliphatic rings. The number of nitrogens with zero attached hydrogens (tertiary/aromatic N) is 2. The van der Waals surface area contributed by atoms with Crippen LogP contribution in [-0.2, 0) is 17.1 Å². The molecule has 7 nitrogen and oxygen atoms in total. The normalized spacial score (nSPS) is 11.5. The summed E-state index contributed by atoms with van der Waals surface area (Å²) in [5.41, 5.74) is 1.57. The molecular formula is C15H13N3O4S. The predicted octanol–water partition coefficient (Wildman–Crippen LogP) is 2.07. The Morgan fingerprint density at radius 1 is 1.22 bits per heavy atom. The first kappa shape index (κ1) is 15.0. The Labute approximate surface area is 132 Å². The molecule has 118 valence electrons. The van der Waals surface area contributed by atoms with Crippen LogP contribution < -0.4 is 4.72 Å². The van der Waals surface area contributed by atoms with Crippen molar-refractivity contribution in [2.45, 2.75) is 4.90 Å². The lowest BCUT2D eigenvalue weighted by Gasteiger charge is -2.09. The summed E-state index contributed by atoms with van der Waals surface area (Å²) in [7, 11) is -2.01. The van der Waals surface area contributed by atoms with E-state index in [-0.39, 0.29) is 16.1 Å². The van der Waals surface area contributed by atoms with Gasteiger partial charge < -0.3 is 9.67 Å². The van der Waals surface area contributed by atoms with Gasteiger partial charge in [0.05, 0.1) is 27.8 Å². The number of fused-ring (bicyclic) bond motifs is 1. The zero-order valence-electron chi connectivity index (χ0n) is 12.1. The van der Waals surface area contributed by atoms with E-state index in [1.165, 1.54) is 36.4 Å². The van der Waals surface area contributed by atoms with Gasteiger partial charge in [0.1, 0.15) is 0 Å². The fraction of sp³-hybridized carbons (Fsp3) is 0.0667. The van der Waals surface area contributed by atoms with Crippen LogP contribution >= 0.6 is 0 Å². The first-order chi connectivity index (χ1) is 10.9. The van der Waals surface area contributed by atoms with Gasteiger partial charge in [-0.2, -0.15) is 0 Å². The number of aryl methyl sites for hydroxylation is 1. The Hall–Kier alpha value is -2.87. The van der Waals surface area contributed by atoms with Crippen LogP contribution in [0.5, 0.6) is 0 Å². The molecule has 1 heterocycles. The third kappa shape index (κ3) is 2.88. The molecule has 0 spiro atoms. The molecule has 3 aromatic rings. The van der Waals surface area contributed by atoms with Gasteiger partial charge in [-0.3, -0.25) is 4.72 Å². The molecule has 0 amide bonds. The molecule has 0 saturated carbocycles. The van der Waals surface area contributed by atoms with Gasteiger partial charge in [-0.05, 0) is 36.4 Å². The van der Waals surface area contributed by atoms with Crippen LogP contribution in [-0.4, -0.2) is 29.0 Å². The van der Waals surface area contributed by atoms with Gasteiger partial charge in [0, 0.05) is 12.7 Å². The molecule has 3 rings (SSSR count).